The number of hydrogen-bond donors (Lipinski definition) is 1. The molecule has 5 nitrogen and oxygen atoms in total. The molecule has 2 aliphatic heterocycles. The van der Waals surface area contributed by atoms with Crippen molar-refractivity contribution in [2.75, 3.05) is 26.2 Å². The SMILES string of the molecule is c1nc(CN2C[C@H]3CNC[C@H]3C2)no1. The third-order valence-corrected chi connectivity index (χ3v) is 3.24. The Hall–Kier alpha value is -0.940. The maximum atomic E-state index is 4.72. The van der Waals surface area contributed by atoms with E-state index >= 15 is 0 Å². The highest BCUT2D eigenvalue weighted by Gasteiger charge is 2.36. The molecule has 1 aromatic heterocycles. The summed E-state index contributed by atoms with van der Waals surface area (Å²) in [4.78, 5) is 6.46. The molecule has 76 valence electrons. The molecule has 2 aliphatic rings. The minimum atomic E-state index is 0.804. The predicted molar refractivity (Wildman–Crippen MR) is 49.4 cm³/mol. The molecule has 2 saturated heterocycles. The number of fused-ring (bicyclic) bond motifs is 1. The Morgan fingerprint density at radius 1 is 1.43 bits per heavy atom. The molecular weight excluding hydrogens is 180 g/mol. The van der Waals surface area contributed by atoms with Crippen LogP contribution in [-0.2, 0) is 6.54 Å². The van der Waals surface area contributed by atoms with Crippen LogP contribution in [0.4, 0.5) is 0 Å². The summed E-state index contributed by atoms with van der Waals surface area (Å²) in [6.07, 6.45) is 1.40. The van der Waals surface area contributed by atoms with Gasteiger partial charge in [0.2, 0.25) is 6.39 Å². The molecule has 0 aliphatic carbocycles. The maximum absolute atomic E-state index is 4.72. The van der Waals surface area contributed by atoms with Crippen molar-refractivity contribution in [3.63, 3.8) is 0 Å². The van der Waals surface area contributed by atoms with Gasteiger partial charge in [-0.3, -0.25) is 4.90 Å². The van der Waals surface area contributed by atoms with E-state index in [1.54, 1.807) is 0 Å². The second-order valence-corrected chi connectivity index (χ2v) is 4.22. The van der Waals surface area contributed by atoms with Crippen molar-refractivity contribution in [2.24, 2.45) is 11.8 Å². The predicted octanol–water partition coefficient (Wildman–Crippen LogP) is -0.279. The van der Waals surface area contributed by atoms with Crippen LogP contribution in [0, 0.1) is 11.8 Å². The zero-order chi connectivity index (χ0) is 9.38. The Balaban J connectivity index is 1.61. The Labute approximate surface area is 82.5 Å². The van der Waals surface area contributed by atoms with Crippen LogP contribution in [0.5, 0.6) is 0 Å². The Bertz CT molecular complexity index is 288. The first-order valence-electron chi connectivity index (χ1n) is 5.10. The Morgan fingerprint density at radius 2 is 2.21 bits per heavy atom. The molecule has 5 heteroatoms. The van der Waals surface area contributed by atoms with Gasteiger partial charge in [0.05, 0.1) is 6.54 Å². The fraction of sp³-hybridized carbons (Fsp3) is 0.778. The smallest absolute Gasteiger partial charge is 0.213 e. The first-order valence-corrected chi connectivity index (χ1v) is 5.10. The standard InChI is InChI=1S/C9H14N4O/c1-7-3-13(4-8(7)2-10-1)5-9-11-6-14-12-9/h6-8,10H,1-5H2/t7-,8+. The molecule has 0 bridgehead atoms. The zero-order valence-electron chi connectivity index (χ0n) is 8.02. The van der Waals surface area contributed by atoms with E-state index in [-0.39, 0.29) is 0 Å². The van der Waals surface area contributed by atoms with Gasteiger partial charge in [0.1, 0.15) is 0 Å². The highest BCUT2D eigenvalue weighted by atomic mass is 16.5. The molecule has 0 aromatic carbocycles. The maximum Gasteiger partial charge on any atom is 0.213 e. The second kappa shape index (κ2) is 3.33. The minimum Gasteiger partial charge on any atom is -0.343 e. The molecule has 1 N–H and O–H groups in total. The summed E-state index contributed by atoms with van der Waals surface area (Å²) in [5.41, 5.74) is 0. The molecule has 0 amide bonds. The summed E-state index contributed by atoms with van der Waals surface area (Å²) in [6.45, 7) is 5.53. The van der Waals surface area contributed by atoms with Crippen LogP contribution in [0.25, 0.3) is 0 Å². The number of aromatic nitrogens is 2. The van der Waals surface area contributed by atoms with Crippen LogP contribution < -0.4 is 5.32 Å². The van der Waals surface area contributed by atoms with Gasteiger partial charge in [-0.2, -0.15) is 4.98 Å². The zero-order valence-corrected chi connectivity index (χ0v) is 8.02. The van der Waals surface area contributed by atoms with Crippen molar-refractivity contribution >= 4 is 0 Å². The van der Waals surface area contributed by atoms with E-state index in [4.69, 9.17) is 4.52 Å². The largest absolute Gasteiger partial charge is 0.343 e. The molecule has 0 spiro atoms. The van der Waals surface area contributed by atoms with Crippen LogP contribution >= 0.6 is 0 Å². The monoisotopic (exact) mass is 194 g/mol. The number of nitrogens with one attached hydrogen (secondary N) is 1. The van der Waals surface area contributed by atoms with E-state index in [1.807, 2.05) is 0 Å². The fourth-order valence-corrected chi connectivity index (χ4v) is 2.54. The van der Waals surface area contributed by atoms with Crippen molar-refractivity contribution in [3.05, 3.63) is 12.2 Å². The van der Waals surface area contributed by atoms with Gasteiger partial charge in [0.15, 0.2) is 5.82 Å². The first kappa shape index (κ1) is 8.38. The summed E-state index contributed by atoms with van der Waals surface area (Å²) in [5, 5.41) is 7.26. The first-order chi connectivity index (χ1) is 6.92. The van der Waals surface area contributed by atoms with E-state index in [2.05, 4.69) is 20.4 Å². The van der Waals surface area contributed by atoms with Crippen molar-refractivity contribution in [2.45, 2.75) is 6.54 Å². The lowest BCUT2D eigenvalue weighted by Crippen LogP contribution is -2.25. The van der Waals surface area contributed by atoms with Gasteiger partial charge < -0.3 is 9.84 Å². The molecule has 0 radical (unpaired) electrons. The Morgan fingerprint density at radius 3 is 2.86 bits per heavy atom. The van der Waals surface area contributed by atoms with E-state index < -0.39 is 0 Å². The summed E-state index contributed by atoms with van der Waals surface area (Å²) >= 11 is 0. The van der Waals surface area contributed by atoms with Gasteiger partial charge >= 0.3 is 0 Å². The van der Waals surface area contributed by atoms with Crippen molar-refractivity contribution in [3.8, 4) is 0 Å². The third-order valence-electron chi connectivity index (χ3n) is 3.24. The van der Waals surface area contributed by atoms with E-state index in [0.29, 0.717) is 0 Å². The van der Waals surface area contributed by atoms with Gasteiger partial charge in [-0.25, -0.2) is 0 Å². The lowest BCUT2D eigenvalue weighted by Gasteiger charge is -2.13. The molecule has 3 heterocycles. The van der Waals surface area contributed by atoms with Crippen molar-refractivity contribution in [1.82, 2.24) is 20.4 Å². The van der Waals surface area contributed by atoms with Crippen molar-refractivity contribution < 1.29 is 4.52 Å². The molecule has 2 fully saturated rings. The van der Waals surface area contributed by atoms with Crippen molar-refractivity contribution in [1.29, 1.82) is 0 Å². The highest BCUT2D eigenvalue weighted by molar-refractivity contribution is 4.92. The van der Waals surface area contributed by atoms with E-state index in [1.165, 1.54) is 32.6 Å². The van der Waals surface area contributed by atoms with Gasteiger partial charge in [0.25, 0.3) is 0 Å². The highest BCUT2D eigenvalue weighted by Crippen LogP contribution is 2.26. The molecule has 0 saturated carbocycles. The second-order valence-electron chi connectivity index (χ2n) is 4.22. The summed E-state index contributed by atoms with van der Waals surface area (Å²) in [5.74, 6) is 2.47. The van der Waals surface area contributed by atoms with Crippen LogP contribution in [-0.4, -0.2) is 41.2 Å². The van der Waals surface area contributed by atoms with E-state index in [0.717, 1.165) is 24.2 Å². The molecule has 2 atom stereocenters. The number of likely N-dealkylation sites (tertiary alicyclic amines) is 1. The number of hydrogen-bond acceptors (Lipinski definition) is 5. The van der Waals surface area contributed by atoms with Crippen LogP contribution in [0.3, 0.4) is 0 Å². The van der Waals surface area contributed by atoms with Crippen LogP contribution in [0.15, 0.2) is 10.9 Å². The van der Waals surface area contributed by atoms with Gasteiger partial charge in [-0.1, -0.05) is 5.16 Å². The van der Waals surface area contributed by atoms with Gasteiger partial charge in [0, 0.05) is 13.1 Å². The average molecular weight is 194 g/mol. The molecule has 0 unspecified atom stereocenters. The molecule has 14 heavy (non-hydrogen) atoms. The topological polar surface area (TPSA) is 54.2 Å². The van der Waals surface area contributed by atoms with Gasteiger partial charge in [-0.15, -0.1) is 0 Å². The third kappa shape index (κ3) is 1.42. The quantitative estimate of drug-likeness (QED) is 0.701. The van der Waals surface area contributed by atoms with Gasteiger partial charge in [-0.05, 0) is 24.9 Å². The van der Waals surface area contributed by atoms with E-state index in [9.17, 15) is 0 Å². The van der Waals surface area contributed by atoms with Crippen LogP contribution in [0.1, 0.15) is 5.82 Å². The molecule has 1 aromatic rings. The normalized spacial score (nSPS) is 32.3. The molecular formula is C9H14N4O. The average Bonchev–Trinajstić information content (AvgIpc) is 2.78. The summed E-state index contributed by atoms with van der Waals surface area (Å²) in [7, 11) is 0. The fourth-order valence-electron chi connectivity index (χ4n) is 2.54. The molecule has 3 rings (SSSR count). The van der Waals surface area contributed by atoms with Crippen LogP contribution in [0.2, 0.25) is 0 Å². The summed E-state index contributed by atoms with van der Waals surface area (Å²) < 4.78 is 4.72. The number of nitrogens with zero attached hydrogens (tertiary/aromatic N) is 3. The lowest BCUT2D eigenvalue weighted by molar-refractivity contribution is 0.290. The Kier molecular flexibility index (Phi) is 1.99. The number of rotatable bonds is 2. The minimum absolute atomic E-state index is 0.804. The summed E-state index contributed by atoms with van der Waals surface area (Å²) in [6, 6.07) is 0. The lowest BCUT2D eigenvalue weighted by atomic mass is 10.0.